The van der Waals surface area contributed by atoms with Crippen LogP contribution < -0.4 is 14.1 Å². The molecule has 1 aliphatic heterocycles. The summed E-state index contributed by atoms with van der Waals surface area (Å²) < 4.78 is 66.7. The van der Waals surface area contributed by atoms with E-state index in [9.17, 15) is 31.6 Å². The average molecular weight is 505 g/mol. The number of hydrogen-bond donors (Lipinski definition) is 2. The van der Waals surface area contributed by atoms with Crippen LogP contribution in [0.4, 0.5) is 29.3 Å². The van der Waals surface area contributed by atoms with Gasteiger partial charge in [-0.2, -0.15) is 31.2 Å². The number of likely N-dealkylation sites (N-methyl/N-ethyl adjacent to an activating group) is 1. The summed E-state index contributed by atoms with van der Waals surface area (Å²) in [5, 5.41) is 18.8. The van der Waals surface area contributed by atoms with E-state index in [-0.39, 0.29) is 23.4 Å². The van der Waals surface area contributed by atoms with Gasteiger partial charge in [0.2, 0.25) is 0 Å². The molecule has 34 heavy (non-hydrogen) atoms. The summed E-state index contributed by atoms with van der Waals surface area (Å²) >= 11 is 0. The summed E-state index contributed by atoms with van der Waals surface area (Å²) in [6.45, 7) is 2.71. The number of aromatic nitrogens is 2. The molecule has 2 heterocycles. The van der Waals surface area contributed by atoms with E-state index >= 15 is 0 Å². The van der Waals surface area contributed by atoms with Crippen LogP contribution in [0.25, 0.3) is 0 Å². The largest absolute Gasteiger partial charge is 0.608 e. The number of benzene rings is 1. The number of nitrogens with one attached hydrogen (secondary N) is 2. The summed E-state index contributed by atoms with van der Waals surface area (Å²) in [5.41, 5.74) is -0.941. The summed E-state index contributed by atoms with van der Waals surface area (Å²) in [4.78, 5) is 14.5. The molecule has 1 aromatic carbocycles. The van der Waals surface area contributed by atoms with Crippen molar-refractivity contribution in [3.05, 3.63) is 46.9 Å². The van der Waals surface area contributed by atoms with E-state index in [1.807, 2.05) is 17.3 Å². The monoisotopic (exact) mass is 504 g/mol. The Morgan fingerprint density at radius 1 is 1.32 bits per heavy atom. The van der Waals surface area contributed by atoms with Crippen molar-refractivity contribution in [2.24, 2.45) is 7.05 Å². The molecule has 2 atom stereocenters. The average Bonchev–Trinajstić information content (AvgIpc) is 3.17. The van der Waals surface area contributed by atoms with E-state index in [0.717, 1.165) is 16.9 Å². The number of nitrogens with zero attached hydrogens (tertiary/aromatic N) is 4. The number of hydrogen-bond acceptors (Lipinski definition) is 6. The Labute approximate surface area is 195 Å². The number of hydroxylamine groups is 1. The van der Waals surface area contributed by atoms with Crippen molar-refractivity contribution in [2.75, 3.05) is 29.8 Å². The van der Waals surface area contributed by atoms with Crippen molar-refractivity contribution >= 4 is 27.6 Å². The lowest BCUT2D eigenvalue weighted by molar-refractivity contribution is -0.604. The van der Waals surface area contributed by atoms with Crippen molar-refractivity contribution in [3.63, 3.8) is 0 Å². The van der Waals surface area contributed by atoms with Crippen molar-refractivity contribution in [2.45, 2.75) is 38.4 Å². The lowest BCUT2D eigenvalue weighted by Crippen LogP contribution is -3.14. The van der Waals surface area contributed by atoms with Crippen LogP contribution in [0.2, 0.25) is 0 Å². The molecule has 3 rings (SSSR count). The van der Waals surface area contributed by atoms with Gasteiger partial charge in [-0.3, -0.25) is 10.00 Å². The molecule has 188 valence electrons. The number of carbonyl (C=O) groups is 1. The maximum atomic E-state index is 13.3. The Hall–Kier alpha value is -2.68. The number of carbonyl (C=O) groups excluding carboxylic acids is 1. The lowest BCUT2D eigenvalue weighted by atomic mass is 10.1. The third kappa shape index (κ3) is 5.68. The molecule has 0 radical (unpaired) electrons. The molecular formula is C20H27F3N6O4S. The SMILES string of the molecule is CCc1cc(NC(=O)[NH+]([O-])S(=O)(=O)N(c2cnn(C)c2)C2CCCN(C)C2)cc(C(F)(F)F)c1. The molecule has 0 saturated carbocycles. The number of alkyl halides is 3. The predicted molar refractivity (Wildman–Crippen MR) is 119 cm³/mol. The van der Waals surface area contributed by atoms with Crippen LogP contribution >= 0.6 is 0 Å². The minimum atomic E-state index is -4.86. The summed E-state index contributed by atoms with van der Waals surface area (Å²) in [7, 11) is -1.47. The quantitative estimate of drug-likeness (QED) is 0.580. The molecule has 14 heteroatoms. The van der Waals surface area contributed by atoms with Crippen LogP contribution in [0.1, 0.15) is 30.9 Å². The Balaban J connectivity index is 1.91. The van der Waals surface area contributed by atoms with E-state index in [1.54, 1.807) is 14.0 Å². The van der Waals surface area contributed by atoms with E-state index in [4.69, 9.17) is 0 Å². The second kappa shape index (κ2) is 9.90. The number of amides is 2. The van der Waals surface area contributed by atoms with Gasteiger partial charge in [0.25, 0.3) is 0 Å². The fraction of sp³-hybridized carbons (Fsp3) is 0.500. The van der Waals surface area contributed by atoms with Gasteiger partial charge < -0.3 is 10.1 Å². The highest BCUT2D eigenvalue weighted by atomic mass is 32.2. The second-order valence-corrected chi connectivity index (χ2v) is 9.96. The van der Waals surface area contributed by atoms with Crippen LogP contribution in [-0.4, -0.2) is 55.3 Å². The van der Waals surface area contributed by atoms with E-state index in [2.05, 4.69) is 5.10 Å². The van der Waals surface area contributed by atoms with E-state index in [1.165, 1.54) is 23.1 Å². The summed E-state index contributed by atoms with van der Waals surface area (Å²) in [5.74, 6) is 0. The molecule has 0 spiro atoms. The minimum absolute atomic E-state index is 0.122. The minimum Gasteiger partial charge on any atom is -0.608 e. The van der Waals surface area contributed by atoms with Gasteiger partial charge in [0, 0.05) is 25.5 Å². The van der Waals surface area contributed by atoms with Gasteiger partial charge >= 0.3 is 22.4 Å². The molecule has 2 aromatic rings. The lowest BCUT2D eigenvalue weighted by Gasteiger charge is -2.38. The van der Waals surface area contributed by atoms with E-state index < -0.39 is 38.5 Å². The number of quaternary nitrogens is 1. The Bertz CT molecular complexity index is 1140. The number of rotatable bonds is 6. The van der Waals surface area contributed by atoms with Gasteiger partial charge in [0.1, 0.15) is 0 Å². The third-order valence-corrected chi connectivity index (χ3v) is 7.22. The number of aryl methyl sites for hydroxylation is 2. The van der Waals surface area contributed by atoms with Gasteiger partial charge in [0.15, 0.2) is 0 Å². The first kappa shape index (κ1) is 25.9. The van der Waals surface area contributed by atoms with Crippen molar-refractivity contribution in [3.8, 4) is 0 Å². The van der Waals surface area contributed by atoms with Gasteiger partial charge in [-0.05, 0) is 56.6 Å². The van der Waals surface area contributed by atoms with Gasteiger partial charge in [-0.25, -0.2) is 9.10 Å². The number of halogens is 3. The first-order chi connectivity index (χ1) is 15.8. The number of likely N-dealkylation sites (tertiary alicyclic amines) is 1. The van der Waals surface area contributed by atoms with E-state index in [0.29, 0.717) is 25.5 Å². The highest BCUT2D eigenvalue weighted by Crippen LogP contribution is 2.32. The van der Waals surface area contributed by atoms with Crippen LogP contribution in [0.3, 0.4) is 0 Å². The van der Waals surface area contributed by atoms with Crippen LogP contribution in [0.5, 0.6) is 0 Å². The fourth-order valence-corrected chi connectivity index (χ4v) is 5.32. The van der Waals surface area contributed by atoms with Gasteiger partial charge in [-0.15, -0.1) is 0 Å². The van der Waals surface area contributed by atoms with Crippen LogP contribution in [0, 0.1) is 5.21 Å². The molecule has 0 bridgehead atoms. The standard InChI is InChI=1S/C20H27F3N6O4S/c1-4-14-8-15(20(21,22)23)10-16(9-14)25-19(30)29(31)34(32,33)28(18-11-24-27(3)13-18)17-6-5-7-26(2)12-17/h8-11,13,17,29H,4-7,12H2,1-3H3,(H,25,30). The van der Waals surface area contributed by atoms with Gasteiger partial charge in [-0.1, -0.05) is 6.92 Å². The smallest absolute Gasteiger partial charge is 0.436 e. The molecule has 2 N–H and O–H groups in total. The number of urea groups is 1. The van der Waals surface area contributed by atoms with Crippen molar-refractivity contribution < 1.29 is 30.9 Å². The number of piperidine rings is 1. The first-order valence-electron chi connectivity index (χ1n) is 10.6. The van der Waals surface area contributed by atoms with Gasteiger partial charge in [0.05, 0.1) is 23.5 Å². The first-order valence-corrected chi connectivity index (χ1v) is 12.0. The van der Waals surface area contributed by atoms with Crippen LogP contribution in [0.15, 0.2) is 30.6 Å². The summed E-state index contributed by atoms with van der Waals surface area (Å²) in [6, 6.07) is 0.690. The fourth-order valence-electron chi connectivity index (χ4n) is 3.92. The van der Waals surface area contributed by atoms with Crippen molar-refractivity contribution in [1.29, 1.82) is 0 Å². The maximum absolute atomic E-state index is 13.3. The molecule has 1 saturated heterocycles. The predicted octanol–water partition coefficient (Wildman–Crippen LogP) is 1.76. The second-order valence-electron chi connectivity index (χ2n) is 8.24. The maximum Gasteiger partial charge on any atom is 0.436 e. The number of anilines is 2. The molecule has 1 fully saturated rings. The molecule has 1 aromatic heterocycles. The normalized spacial score (nSPS) is 18.5. The molecule has 2 unspecified atom stereocenters. The third-order valence-electron chi connectivity index (χ3n) is 5.54. The molecule has 1 aliphatic rings. The Morgan fingerprint density at radius 3 is 2.59 bits per heavy atom. The van der Waals surface area contributed by atoms with Crippen LogP contribution in [-0.2, 0) is 29.9 Å². The molecular weight excluding hydrogens is 477 g/mol. The topological polar surface area (TPSA) is 115 Å². The Morgan fingerprint density at radius 2 is 2.03 bits per heavy atom. The zero-order valence-corrected chi connectivity index (χ0v) is 19.8. The highest BCUT2D eigenvalue weighted by Gasteiger charge is 2.40. The molecule has 0 aliphatic carbocycles. The highest BCUT2D eigenvalue weighted by molar-refractivity contribution is 7.86. The summed E-state index contributed by atoms with van der Waals surface area (Å²) in [6.07, 6.45) is -0.609. The van der Waals surface area contributed by atoms with Crippen molar-refractivity contribution in [1.82, 2.24) is 14.7 Å². The molecule has 10 nitrogen and oxygen atoms in total. The molecule has 2 amide bonds. The Kier molecular flexibility index (Phi) is 7.55. The zero-order valence-electron chi connectivity index (χ0n) is 19.0. The zero-order chi connectivity index (χ0) is 25.3.